The van der Waals surface area contributed by atoms with Crippen molar-refractivity contribution in [2.24, 2.45) is 4.99 Å². The number of ether oxygens (including phenoxy) is 1. The lowest BCUT2D eigenvalue weighted by molar-refractivity contribution is -0.132. The SMILES string of the molecule is CCNC(=NCCC(C)N(C)C(=O)OC(C)(C)C)NCCC(F)(F)F. The van der Waals surface area contributed by atoms with Gasteiger partial charge in [-0.2, -0.15) is 13.2 Å². The Balaban J connectivity index is 4.43. The molecule has 0 aliphatic heterocycles. The fraction of sp³-hybridized carbons (Fsp3) is 0.875. The van der Waals surface area contributed by atoms with Gasteiger partial charge in [-0.15, -0.1) is 0 Å². The van der Waals surface area contributed by atoms with Gasteiger partial charge in [-0.1, -0.05) is 0 Å². The maximum atomic E-state index is 12.2. The van der Waals surface area contributed by atoms with E-state index in [1.807, 2.05) is 13.8 Å². The number of nitrogens with one attached hydrogen (secondary N) is 2. The molecule has 0 aliphatic carbocycles. The molecule has 0 aromatic heterocycles. The number of nitrogens with zero attached hydrogens (tertiary/aromatic N) is 2. The van der Waals surface area contributed by atoms with Gasteiger partial charge in [-0.3, -0.25) is 4.99 Å². The average molecular weight is 368 g/mol. The summed E-state index contributed by atoms with van der Waals surface area (Å²) >= 11 is 0. The minimum Gasteiger partial charge on any atom is -0.444 e. The van der Waals surface area contributed by atoms with E-state index in [1.54, 1.807) is 27.8 Å². The minimum absolute atomic E-state index is 0.114. The highest BCUT2D eigenvalue weighted by Crippen LogP contribution is 2.18. The molecule has 0 radical (unpaired) electrons. The van der Waals surface area contributed by atoms with Crippen molar-refractivity contribution in [1.82, 2.24) is 15.5 Å². The van der Waals surface area contributed by atoms with Crippen LogP contribution in [0.3, 0.4) is 0 Å². The lowest BCUT2D eigenvalue weighted by Gasteiger charge is -2.28. The molecule has 9 heteroatoms. The molecule has 0 aromatic carbocycles. The van der Waals surface area contributed by atoms with E-state index >= 15 is 0 Å². The second kappa shape index (κ2) is 10.4. The van der Waals surface area contributed by atoms with E-state index in [0.29, 0.717) is 25.5 Å². The largest absolute Gasteiger partial charge is 0.444 e. The lowest BCUT2D eigenvalue weighted by atomic mass is 10.2. The predicted octanol–water partition coefficient (Wildman–Crippen LogP) is 3.14. The van der Waals surface area contributed by atoms with Crippen LogP contribution >= 0.6 is 0 Å². The third-order valence-corrected chi connectivity index (χ3v) is 3.20. The minimum atomic E-state index is -4.20. The molecule has 25 heavy (non-hydrogen) atoms. The number of halogens is 3. The third-order valence-electron chi connectivity index (χ3n) is 3.20. The molecule has 0 aromatic rings. The molecule has 1 unspecified atom stereocenters. The predicted molar refractivity (Wildman–Crippen MR) is 92.7 cm³/mol. The molecule has 0 bridgehead atoms. The van der Waals surface area contributed by atoms with E-state index in [9.17, 15) is 18.0 Å². The van der Waals surface area contributed by atoms with Gasteiger partial charge in [0.05, 0.1) is 6.42 Å². The van der Waals surface area contributed by atoms with Crippen molar-refractivity contribution < 1.29 is 22.7 Å². The van der Waals surface area contributed by atoms with Crippen LogP contribution in [0.4, 0.5) is 18.0 Å². The van der Waals surface area contributed by atoms with Crippen molar-refractivity contribution in [1.29, 1.82) is 0 Å². The van der Waals surface area contributed by atoms with E-state index in [-0.39, 0.29) is 12.6 Å². The number of guanidine groups is 1. The van der Waals surface area contributed by atoms with Gasteiger partial charge in [0, 0.05) is 32.7 Å². The number of rotatable bonds is 7. The Morgan fingerprint density at radius 1 is 1.24 bits per heavy atom. The maximum absolute atomic E-state index is 12.2. The van der Waals surface area contributed by atoms with E-state index in [1.165, 1.54) is 4.90 Å². The topological polar surface area (TPSA) is 66.0 Å². The molecule has 0 heterocycles. The zero-order chi connectivity index (χ0) is 19.7. The van der Waals surface area contributed by atoms with Crippen LogP contribution < -0.4 is 10.6 Å². The first kappa shape index (κ1) is 23.3. The molecule has 0 saturated carbocycles. The number of carbonyl (C=O) groups is 1. The quantitative estimate of drug-likeness (QED) is 0.535. The number of carbonyl (C=O) groups excluding carboxylic acids is 1. The lowest BCUT2D eigenvalue weighted by Crippen LogP contribution is -2.40. The van der Waals surface area contributed by atoms with Gasteiger partial charge in [0.15, 0.2) is 5.96 Å². The van der Waals surface area contributed by atoms with E-state index in [4.69, 9.17) is 4.74 Å². The smallest absolute Gasteiger partial charge is 0.410 e. The van der Waals surface area contributed by atoms with Gasteiger partial charge in [-0.05, 0) is 41.0 Å². The Hall–Kier alpha value is -1.67. The first-order chi connectivity index (χ1) is 11.4. The van der Waals surface area contributed by atoms with Crippen molar-refractivity contribution in [2.45, 2.75) is 65.3 Å². The maximum Gasteiger partial charge on any atom is 0.410 e. The van der Waals surface area contributed by atoms with Gasteiger partial charge in [0.1, 0.15) is 5.60 Å². The normalized spacial score (nSPS) is 14.0. The second-order valence-electron chi connectivity index (χ2n) is 6.78. The Labute approximate surface area is 148 Å². The van der Waals surface area contributed by atoms with Gasteiger partial charge >= 0.3 is 12.3 Å². The average Bonchev–Trinajstić information content (AvgIpc) is 2.43. The van der Waals surface area contributed by atoms with Crippen LogP contribution in [-0.2, 0) is 4.74 Å². The van der Waals surface area contributed by atoms with Crippen molar-refractivity contribution in [2.75, 3.05) is 26.7 Å². The summed E-state index contributed by atoms with van der Waals surface area (Å²) < 4.78 is 41.8. The summed E-state index contributed by atoms with van der Waals surface area (Å²) in [6, 6.07) is -0.114. The van der Waals surface area contributed by atoms with E-state index in [2.05, 4.69) is 15.6 Å². The third kappa shape index (κ3) is 12.4. The van der Waals surface area contributed by atoms with Gasteiger partial charge in [0.2, 0.25) is 0 Å². The first-order valence-electron chi connectivity index (χ1n) is 8.40. The highest BCUT2D eigenvalue weighted by Gasteiger charge is 2.26. The standard InChI is InChI=1S/C16H31F3N4O2/c1-7-20-13(22-11-9-16(17,18)19)21-10-8-12(2)23(6)14(24)25-15(3,4)5/h12H,7-11H2,1-6H3,(H2,20,21,22). The van der Waals surface area contributed by atoms with E-state index < -0.39 is 24.3 Å². The Morgan fingerprint density at radius 3 is 2.32 bits per heavy atom. The fourth-order valence-electron chi connectivity index (χ4n) is 1.74. The number of aliphatic imine (C=N–C) groups is 1. The molecular formula is C16H31F3N4O2. The molecule has 148 valence electrons. The van der Waals surface area contributed by atoms with Crippen LogP contribution in [0, 0.1) is 0 Å². The molecule has 1 atom stereocenters. The van der Waals surface area contributed by atoms with Crippen LogP contribution in [0.1, 0.15) is 47.5 Å². The van der Waals surface area contributed by atoms with Crippen molar-refractivity contribution >= 4 is 12.1 Å². The van der Waals surface area contributed by atoms with Crippen LogP contribution in [0.2, 0.25) is 0 Å². The second-order valence-corrected chi connectivity index (χ2v) is 6.78. The number of amides is 1. The summed E-state index contributed by atoms with van der Waals surface area (Å²) in [4.78, 5) is 17.7. The zero-order valence-electron chi connectivity index (χ0n) is 16.0. The highest BCUT2D eigenvalue weighted by molar-refractivity contribution is 5.79. The van der Waals surface area contributed by atoms with Gasteiger partial charge < -0.3 is 20.3 Å². The molecule has 0 aliphatic rings. The van der Waals surface area contributed by atoms with Crippen molar-refractivity contribution in [3.8, 4) is 0 Å². The molecular weight excluding hydrogens is 337 g/mol. The van der Waals surface area contributed by atoms with Crippen LogP contribution in [0.15, 0.2) is 4.99 Å². The summed E-state index contributed by atoms with van der Waals surface area (Å²) in [6.45, 7) is 9.77. The van der Waals surface area contributed by atoms with Gasteiger partial charge in [-0.25, -0.2) is 4.79 Å². The molecule has 6 nitrogen and oxygen atoms in total. The molecule has 2 N–H and O–H groups in total. The molecule has 0 rings (SSSR count). The van der Waals surface area contributed by atoms with Crippen LogP contribution in [-0.4, -0.2) is 61.5 Å². The number of hydrogen-bond acceptors (Lipinski definition) is 3. The summed E-state index contributed by atoms with van der Waals surface area (Å²) in [7, 11) is 1.65. The Bertz CT molecular complexity index is 434. The van der Waals surface area contributed by atoms with Crippen LogP contribution in [0.5, 0.6) is 0 Å². The summed E-state index contributed by atoms with van der Waals surface area (Å²) in [5, 5.41) is 5.54. The molecule has 0 fully saturated rings. The monoisotopic (exact) mass is 368 g/mol. The number of hydrogen-bond donors (Lipinski definition) is 2. The first-order valence-corrected chi connectivity index (χ1v) is 8.40. The van der Waals surface area contributed by atoms with Crippen LogP contribution in [0.25, 0.3) is 0 Å². The van der Waals surface area contributed by atoms with Crippen molar-refractivity contribution in [3.05, 3.63) is 0 Å². The Morgan fingerprint density at radius 2 is 1.84 bits per heavy atom. The molecule has 1 amide bonds. The summed E-state index contributed by atoms with van der Waals surface area (Å²) in [6.07, 6.45) is -4.98. The zero-order valence-corrected chi connectivity index (χ0v) is 16.0. The summed E-state index contributed by atoms with van der Waals surface area (Å²) in [5.41, 5.74) is -0.566. The van der Waals surface area contributed by atoms with Crippen molar-refractivity contribution in [3.63, 3.8) is 0 Å². The number of alkyl halides is 3. The van der Waals surface area contributed by atoms with E-state index in [0.717, 1.165) is 0 Å². The highest BCUT2D eigenvalue weighted by atomic mass is 19.4. The fourth-order valence-corrected chi connectivity index (χ4v) is 1.74. The Kier molecular flexibility index (Phi) is 9.66. The molecule has 0 saturated heterocycles. The van der Waals surface area contributed by atoms with Gasteiger partial charge in [0.25, 0.3) is 0 Å². The molecule has 0 spiro atoms. The summed E-state index contributed by atoms with van der Waals surface area (Å²) in [5.74, 6) is 0.332.